The summed E-state index contributed by atoms with van der Waals surface area (Å²) in [6.07, 6.45) is 2.67. The van der Waals surface area contributed by atoms with Crippen LogP contribution in [0.25, 0.3) is 0 Å². The van der Waals surface area contributed by atoms with Crippen molar-refractivity contribution in [3.05, 3.63) is 35.4 Å². The molecule has 0 N–H and O–H groups in total. The van der Waals surface area contributed by atoms with Crippen LogP contribution in [0, 0.1) is 18.3 Å². The predicted octanol–water partition coefficient (Wildman–Crippen LogP) is 3.99. The van der Waals surface area contributed by atoms with E-state index in [9.17, 15) is 0 Å². The largest absolute Gasteiger partial charge is 0.378 e. The summed E-state index contributed by atoms with van der Waals surface area (Å²) in [5, 5.41) is 0. The first kappa shape index (κ1) is 12.6. The van der Waals surface area contributed by atoms with E-state index in [0.717, 1.165) is 13.0 Å². The van der Waals surface area contributed by atoms with Crippen LogP contribution in [0.15, 0.2) is 24.3 Å². The van der Waals surface area contributed by atoms with Gasteiger partial charge in [0.05, 0.1) is 6.10 Å². The number of aryl methyl sites for hydroxylation is 1. The second-order valence-electron chi connectivity index (χ2n) is 6.36. The van der Waals surface area contributed by atoms with Crippen molar-refractivity contribution in [3.8, 4) is 0 Å². The normalized spacial score (nSPS) is 25.2. The Morgan fingerprint density at radius 2 is 1.82 bits per heavy atom. The van der Waals surface area contributed by atoms with E-state index in [2.05, 4.69) is 52.0 Å². The van der Waals surface area contributed by atoms with Crippen LogP contribution in [0.1, 0.15) is 38.3 Å². The van der Waals surface area contributed by atoms with Gasteiger partial charge in [0.15, 0.2) is 0 Å². The Labute approximate surface area is 105 Å². The van der Waals surface area contributed by atoms with E-state index in [4.69, 9.17) is 4.74 Å². The molecule has 1 aliphatic rings. The van der Waals surface area contributed by atoms with E-state index >= 15 is 0 Å². The molecule has 1 aromatic rings. The average Bonchev–Trinajstić information content (AvgIpc) is 2.69. The molecule has 1 aromatic carbocycles. The van der Waals surface area contributed by atoms with Crippen LogP contribution < -0.4 is 0 Å². The average molecular weight is 232 g/mol. The number of benzene rings is 1. The lowest BCUT2D eigenvalue weighted by Gasteiger charge is -2.31. The fourth-order valence-corrected chi connectivity index (χ4v) is 2.80. The molecule has 1 saturated heterocycles. The van der Waals surface area contributed by atoms with Gasteiger partial charge in [-0.25, -0.2) is 0 Å². The highest BCUT2D eigenvalue weighted by Gasteiger charge is 2.36. The summed E-state index contributed by atoms with van der Waals surface area (Å²) in [4.78, 5) is 0. The Morgan fingerprint density at radius 1 is 1.18 bits per heavy atom. The van der Waals surface area contributed by atoms with Crippen molar-refractivity contribution in [1.29, 1.82) is 0 Å². The molecule has 0 saturated carbocycles. The quantitative estimate of drug-likeness (QED) is 0.749. The minimum absolute atomic E-state index is 0.353. The fourth-order valence-electron chi connectivity index (χ4n) is 2.80. The Hall–Kier alpha value is -0.820. The van der Waals surface area contributed by atoms with E-state index in [-0.39, 0.29) is 0 Å². The zero-order valence-electron chi connectivity index (χ0n) is 11.5. The highest BCUT2D eigenvalue weighted by Crippen LogP contribution is 2.38. The standard InChI is InChI=1S/C16H24O/c1-12-5-7-13(8-6-12)11-15-14(9-10-17-15)16(2,3)4/h5-8,14-15H,9-11H2,1-4H3/t14-,15+/m0/s1. The number of hydrogen-bond donors (Lipinski definition) is 0. The van der Waals surface area contributed by atoms with E-state index in [1.165, 1.54) is 17.5 Å². The molecular formula is C16H24O. The SMILES string of the molecule is Cc1ccc(C[C@H]2OCC[C@@H]2C(C)(C)C)cc1. The molecule has 1 heterocycles. The predicted molar refractivity (Wildman–Crippen MR) is 72.2 cm³/mol. The lowest BCUT2D eigenvalue weighted by atomic mass is 9.75. The van der Waals surface area contributed by atoms with Crippen LogP contribution in [0.3, 0.4) is 0 Å². The van der Waals surface area contributed by atoms with E-state index in [0.29, 0.717) is 17.4 Å². The maximum Gasteiger partial charge on any atom is 0.0649 e. The molecule has 94 valence electrons. The summed E-state index contributed by atoms with van der Waals surface area (Å²) in [6, 6.07) is 8.85. The van der Waals surface area contributed by atoms with Gasteiger partial charge in [0.2, 0.25) is 0 Å². The molecule has 0 bridgehead atoms. The Balaban J connectivity index is 2.05. The van der Waals surface area contributed by atoms with Gasteiger partial charge in [-0.3, -0.25) is 0 Å². The molecular weight excluding hydrogens is 208 g/mol. The minimum atomic E-state index is 0.353. The van der Waals surface area contributed by atoms with Crippen molar-refractivity contribution in [2.45, 2.75) is 46.6 Å². The third-order valence-electron chi connectivity index (χ3n) is 3.88. The Kier molecular flexibility index (Phi) is 3.58. The molecule has 2 rings (SSSR count). The maximum absolute atomic E-state index is 5.93. The van der Waals surface area contributed by atoms with E-state index in [1.54, 1.807) is 0 Å². The third-order valence-corrected chi connectivity index (χ3v) is 3.88. The van der Waals surface area contributed by atoms with Gasteiger partial charge < -0.3 is 4.74 Å². The number of hydrogen-bond acceptors (Lipinski definition) is 1. The molecule has 17 heavy (non-hydrogen) atoms. The summed E-state index contributed by atoms with van der Waals surface area (Å²) >= 11 is 0. The van der Waals surface area contributed by atoms with Gasteiger partial charge in [0.25, 0.3) is 0 Å². The minimum Gasteiger partial charge on any atom is -0.378 e. The van der Waals surface area contributed by atoms with Crippen LogP contribution in [-0.2, 0) is 11.2 Å². The van der Waals surface area contributed by atoms with Crippen LogP contribution in [0.2, 0.25) is 0 Å². The maximum atomic E-state index is 5.93. The van der Waals surface area contributed by atoms with Gasteiger partial charge in [-0.15, -0.1) is 0 Å². The van der Waals surface area contributed by atoms with Crippen molar-refractivity contribution in [3.63, 3.8) is 0 Å². The summed E-state index contributed by atoms with van der Waals surface area (Å²) in [6.45, 7) is 10.0. The van der Waals surface area contributed by atoms with Gasteiger partial charge in [-0.2, -0.15) is 0 Å². The molecule has 0 radical (unpaired) electrons. The lowest BCUT2D eigenvalue weighted by Crippen LogP contribution is -2.30. The van der Waals surface area contributed by atoms with Crippen LogP contribution in [0.4, 0.5) is 0 Å². The topological polar surface area (TPSA) is 9.23 Å². The van der Waals surface area contributed by atoms with E-state index in [1.807, 2.05) is 0 Å². The monoisotopic (exact) mass is 232 g/mol. The number of rotatable bonds is 2. The van der Waals surface area contributed by atoms with Crippen LogP contribution in [0.5, 0.6) is 0 Å². The van der Waals surface area contributed by atoms with Gasteiger partial charge in [0, 0.05) is 6.61 Å². The van der Waals surface area contributed by atoms with Crippen molar-refractivity contribution in [2.75, 3.05) is 6.61 Å². The second-order valence-corrected chi connectivity index (χ2v) is 6.36. The summed E-state index contributed by atoms with van der Waals surface area (Å²) in [7, 11) is 0. The summed E-state index contributed by atoms with van der Waals surface area (Å²) in [5.74, 6) is 0.684. The van der Waals surface area contributed by atoms with Crippen LogP contribution in [-0.4, -0.2) is 12.7 Å². The van der Waals surface area contributed by atoms with Crippen molar-refractivity contribution in [2.24, 2.45) is 11.3 Å². The van der Waals surface area contributed by atoms with Crippen molar-refractivity contribution in [1.82, 2.24) is 0 Å². The smallest absolute Gasteiger partial charge is 0.0649 e. The highest BCUT2D eigenvalue weighted by molar-refractivity contribution is 5.22. The molecule has 2 atom stereocenters. The van der Waals surface area contributed by atoms with Crippen LogP contribution >= 0.6 is 0 Å². The lowest BCUT2D eigenvalue weighted by molar-refractivity contribution is 0.0589. The molecule has 1 fully saturated rings. The van der Waals surface area contributed by atoms with Gasteiger partial charge >= 0.3 is 0 Å². The first-order valence-corrected chi connectivity index (χ1v) is 6.64. The Morgan fingerprint density at radius 3 is 2.41 bits per heavy atom. The van der Waals surface area contributed by atoms with Gasteiger partial charge in [-0.05, 0) is 36.7 Å². The first-order chi connectivity index (χ1) is 7.97. The zero-order valence-corrected chi connectivity index (χ0v) is 11.5. The molecule has 1 nitrogen and oxygen atoms in total. The fraction of sp³-hybridized carbons (Fsp3) is 0.625. The molecule has 0 unspecified atom stereocenters. The highest BCUT2D eigenvalue weighted by atomic mass is 16.5. The zero-order chi connectivity index (χ0) is 12.5. The summed E-state index contributed by atoms with van der Waals surface area (Å²) in [5.41, 5.74) is 3.08. The van der Waals surface area contributed by atoms with Crippen molar-refractivity contribution < 1.29 is 4.74 Å². The summed E-state index contributed by atoms with van der Waals surface area (Å²) < 4.78 is 5.93. The molecule has 1 aliphatic heterocycles. The molecule has 0 aromatic heterocycles. The first-order valence-electron chi connectivity index (χ1n) is 6.64. The van der Waals surface area contributed by atoms with Crippen molar-refractivity contribution >= 4 is 0 Å². The van der Waals surface area contributed by atoms with Gasteiger partial charge in [-0.1, -0.05) is 50.6 Å². The molecule has 0 aliphatic carbocycles. The second kappa shape index (κ2) is 4.81. The Bertz CT molecular complexity index is 358. The molecule has 0 spiro atoms. The molecule has 0 amide bonds. The van der Waals surface area contributed by atoms with Gasteiger partial charge in [0.1, 0.15) is 0 Å². The molecule has 1 heteroatoms. The van der Waals surface area contributed by atoms with E-state index < -0.39 is 0 Å². The third kappa shape index (κ3) is 3.10. The number of ether oxygens (including phenoxy) is 1.